The smallest absolute Gasteiger partial charge is 0.228 e. The SMILES string of the molecule is Cc1ccc(N2CC(C(=O)N3CCCCC3C)CC2=O)cc1C. The van der Waals surface area contributed by atoms with Crippen LogP contribution in [0.5, 0.6) is 0 Å². The molecule has 0 bridgehead atoms. The van der Waals surface area contributed by atoms with Crippen LogP contribution >= 0.6 is 0 Å². The van der Waals surface area contributed by atoms with E-state index < -0.39 is 0 Å². The number of carbonyl (C=O) groups is 2. The first kappa shape index (κ1) is 16.0. The number of benzene rings is 1. The summed E-state index contributed by atoms with van der Waals surface area (Å²) in [4.78, 5) is 29.0. The van der Waals surface area contributed by atoms with E-state index in [0.29, 0.717) is 19.0 Å². The van der Waals surface area contributed by atoms with Crippen molar-refractivity contribution in [3.63, 3.8) is 0 Å². The highest BCUT2D eigenvalue weighted by Gasteiger charge is 2.38. The first-order valence-corrected chi connectivity index (χ1v) is 8.65. The molecule has 0 aromatic heterocycles. The zero-order chi connectivity index (χ0) is 16.6. The average molecular weight is 314 g/mol. The standard InChI is InChI=1S/C19H26N2O2/c1-13-7-8-17(10-14(13)2)21-12-16(11-18(21)22)19(23)20-9-5-4-6-15(20)3/h7-8,10,15-16H,4-6,9,11-12H2,1-3H3. The Balaban J connectivity index is 1.74. The normalized spacial score (nSPS) is 25.1. The summed E-state index contributed by atoms with van der Waals surface area (Å²) in [5.41, 5.74) is 3.31. The van der Waals surface area contributed by atoms with Crippen molar-refractivity contribution in [2.45, 2.75) is 52.5 Å². The summed E-state index contributed by atoms with van der Waals surface area (Å²) in [5.74, 6) is 0.0396. The van der Waals surface area contributed by atoms with Crippen molar-refractivity contribution < 1.29 is 9.59 Å². The number of aryl methyl sites for hydroxylation is 2. The molecular formula is C19H26N2O2. The lowest BCUT2D eigenvalue weighted by Gasteiger charge is -2.35. The Labute approximate surface area is 138 Å². The molecule has 2 aliphatic rings. The Kier molecular flexibility index (Phi) is 4.42. The molecule has 2 heterocycles. The molecule has 1 aromatic rings. The highest BCUT2D eigenvalue weighted by Crippen LogP contribution is 2.29. The molecule has 2 fully saturated rings. The van der Waals surface area contributed by atoms with Gasteiger partial charge in [-0.2, -0.15) is 0 Å². The second-order valence-electron chi connectivity index (χ2n) is 7.05. The van der Waals surface area contributed by atoms with E-state index >= 15 is 0 Å². The van der Waals surface area contributed by atoms with Crippen molar-refractivity contribution in [3.05, 3.63) is 29.3 Å². The Bertz CT molecular complexity index is 626. The predicted octanol–water partition coefficient (Wildman–Crippen LogP) is 3.06. The van der Waals surface area contributed by atoms with Crippen LogP contribution in [0.4, 0.5) is 5.69 Å². The summed E-state index contributed by atoms with van der Waals surface area (Å²) < 4.78 is 0. The van der Waals surface area contributed by atoms with Crippen molar-refractivity contribution in [1.82, 2.24) is 4.90 Å². The Morgan fingerprint density at radius 3 is 2.65 bits per heavy atom. The van der Waals surface area contributed by atoms with Gasteiger partial charge in [0.2, 0.25) is 11.8 Å². The van der Waals surface area contributed by atoms with Gasteiger partial charge in [-0.1, -0.05) is 6.07 Å². The molecule has 0 radical (unpaired) electrons. The molecule has 3 rings (SSSR count). The lowest BCUT2D eigenvalue weighted by molar-refractivity contribution is -0.139. The summed E-state index contributed by atoms with van der Waals surface area (Å²) in [6.45, 7) is 7.60. The number of carbonyl (C=O) groups excluding carboxylic acids is 2. The van der Waals surface area contributed by atoms with E-state index in [1.54, 1.807) is 4.90 Å². The van der Waals surface area contributed by atoms with E-state index in [0.717, 1.165) is 25.1 Å². The monoisotopic (exact) mass is 314 g/mol. The largest absolute Gasteiger partial charge is 0.340 e. The van der Waals surface area contributed by atoms with Crippen LogP contribution in [0.3, 0.4) is 0 Å². The van der Waals surface area contributed by atoms with Gasteiger partial charge in [0.05, 0.1) is 5.92 Å². The molecule has 4 nitrogen and oxygen atoms in total. The van der Waals surface area contributed by atoms with E-state index in [9.17, 15) is 9.59 Å². The molecule has 1 aromatic carbocycles. The van der Waals surface area contributed by atoms with Crippen LogP contribution in [0.25, 0.3) is 0 Å². The quantitative estimate of drug-likeness (QED) is 0.842. The van der Waals surface area contributed by atoms with Crippen LogP contribution in [0.1, 0.15) is 43.7 Å². The van der Waals surface area contributed by atoms with Gasteiger partial charge in [0.1, 0.15) is 0 Å². The number of anilines is 1. The minimum atomic E-state index is -0.190. The fraction of sp³-hybridized carbons (Fsp3) is 0.579. The molecule has 4 heteroatoms. The fourth-order valence-electron chi connectivity index (χ4n) is 3.68. The van der Waals surface area contributed by atoms with Crippen LogP contribution in [0.15, 0.2) is 18.2 Å². The summed E-state index contributed by atoms with van der Waals surface area (Å²) in [5, 5.41) is 0. The molecule has 2 unspecified atom stereocenters. The van der Waals surface area contributed by atoms with Crippen molar-refractivity contribution in [1.29, 1.82) is 0 Å². The Morgan fingerprint density at radius 1 is 1.17 bits per heavy atom. The maximum atomic E-state index is 12.8. The number of hydrogen-bond donors (Lipinski definition) is 0. The molecule has 124 valence electrons. The highest BCUT2D eigenvalue weighted by atomic mass is 16.2. The number of nitrogens with zero attached hydrogens (tertiary/aromatic N) is 2. The van der Waals surface area contributed by atoms with E-state index in [1.165, 1.54) is 17.5 Å². The number of rotatable bonds is 2. The van der Waals surface area contributed by atoms with E-state index in [1.807, 2.05) is 23.1 Å². The summed E-state index contributed by atoms with van der Waals surface area (Å²) in [6.07, 6.45) is 3.70. The number of amides is 2. The van der Waals surface area contributed by atoms with Crippen molar-refractivity contribution in [2.24, 2.45) is 5.92 Å². The first-order chi connectivity index (χ1) is 11.0. The van der Waals surface area contributed by atoms with Gasteiger partial charge in [-0.25, -0.2) is 0 Å². The average Bonchev–Trinajstić information content (AvgIpc) is 2.92. The summed E-state index contributed by atoms with van der Waals surface area (Å²) >= 11 is 0. The molecule has 0 saturated carbocycles. The summed E-state index contributed by atoms with van der Waals surface area (Å²) in [7, 11) is 0. The molecule has 0 aliphatic carbocycles. The van der Waals surface area contributed by atoms with Gasteiger partial charge < -0.3 is 9.80 Å². The topological polar surface area (TPSA) is 40.6 Å². The lowest BCUT2D eigenvalue weighted by Crippen LogP contribution is -2.45. The van der Waals surface area contributed by atoms with Gasteiger partial charge in [-0.05, 0) is 63.3 Å². The zero-order valence-electron chi connectivity index (χ0n) is 14.3. The van der Waals surface area contributed by atoms with Gasteiger partial charge in [0, 0.05) is 31.2 Å². The molecule has 2 amide bonds. The fourth-order valence-corrected chi connectivity index (χ4v) is 3.68. The molecule has 2 saturated heterocycles. The van der Waals surface area contributed by atoms with E-state index in [-0.39, 0.29) is 17.7 Å². The van der Waals surface area contributed by atoms with Gasteiger partial charge in [0.25, 0.3) is 0 Å². The Morgan fingerprint density at radius 2 is 1.96 bits per heavy atom. The number of hydrogen-bond acceptors (Lipinski definition) is 2. The van der Waals surface area contributed by atoms with Gasteiger partial charge in [0.15, 0.2) is 0 Å². The molecule has 2 aliphatic heterocycles. The minimum absolute atomic E-state index is 0.0660. The third-order valence-electron chi connectivity index (χ3n) is 5.36. The second kappa shape index (κ2) is 6.34. The van der Waals surface area contributed by atoms with Gasteiger partial charge in [-0.3, -0.25) is 9.59 Å². The van der Waals surface area contributed by atoms with Gasteiger partial charge in [-0.15, -0.1) is 0 Å². The maximum absolute atomic E-state index is 12.8. The molecule has 0 spiro atoms. The predicted molar refractivity (Wildman–Crippen MR) is 91.4 cm³/mol. The third-order valence-corrected chi connectivity index (χ3v) is 5.36. The highest BCUT2D eigenvalue weighted by molar-refractivity contribution is 6.00. The maximum Gasteiger partial charge on any atom is 0.228 e. The molecular weight excluding hydrogens is 288 g/mol. The van der Waals surface area contributed by atoms with Crippen molar-refractivity contribution in [2.75, 3.05) is 18.0 Å². The first-order valence-electron chi connectivity index (χ1n) is 8.65. The van der Waals surface area contributed by atoms with Crippen LogP contribution in [-0.4, -0.2) is 35.8 Å². The third kappa shape index (κ3) is 3.12. The van der Waals surface area contributed by atoms with Crippen LogP contribution < -0.4 is 4.90 Å². The van der Waals surface area contributed by atoms with E-state index in [4.69, 9.17) is 0 Å². The second-order valence-corrected chi connectivity index (χ2v) is 7.05. The zero-order valence-corrected chi connectivity index (χ0v) is 14.3. The van der Waals surface area contributed by atoms with Crippen LogP contribution in [-0.2, 0) is 9.59 Å². The lowest BCUT2D eigenvalue weighted by atomic mass is 9.99. The van der Waals surface area contributed by atoms with Gasteiger partial charge >= 0.3 is 0 Å². The molecule has 23 heavy (non-hydrogen) atoms. The number of likely N-dealkylation sites (tertiary alicyclic amines) is 1. The Hall–Kier alpha value is -1.84. The molecule has 2 atom stereocenters. The number of piperidine rings is 1. The summed E-state index contributed by atoms with van der Waals surface area (Å²) in [6, 6.07) is 6.38. The van der Waals surface area contributed by atoms with Crippen LogP contribution in [0.2, 0.25) is 0 Å². The minimum Gasteiger partial charge on any atom is -0.340 e. The van der Waals surface area contributed by atoms with Crippen molar-refractivity contribution >= 4 is 17.5 Å². The molecule has 0 N–H and O–H groups in total. The van der Waals surface area contributed by atoms with Crippen LogP contribution in [0, 0.1) is 19.8 Å². The van der Waals surface area contributed by atoms with E-state index in [2.05, 4.69) is 20.8 Å². The van der Waals surface area contributed by atoms with Crippen molar-refractivity contribution in [3.8, 4) is 0 Å².